The molecule has 2 aliphatic rings. The van der Waals surface area contributed by atoms with E-state index in [1.165, 1.54) is 11.0 Å². The van der Waals surface area contributed by atoms with Crippen molar-refractivity contribution in [2.24, 2.45) is 0 Å². The molecule has 0 bridgehead atoms. The van der Waals surface area contributed by atoms with Crippen molar-refractivity contribution in [3.05, 3.63) is 71.0 Å². The summed E-state index contributed by atoms with van der Waals surface area (Å²) in [6, 6.07) is 13.4. The third-order valence-electron chi connectivity index (χ3n) is 5.81. The van der Waals surface area contributed by atoms with Gasteiger partial charge in [0, 0.05) is 45.7 Å². The highest BCUT2D eigenvalue weighted by atomic mass is 19.1. The molecule has 0 aliphatic carbocycles. The number of amides is 3. The second kappa shape index (κ2) is 8.75. The van der Waals surface area contributed by atoms with Gasteiger partial charge in [0.05, 0.1) is 11.1 Å². The third-order valence-corrected chi connectivity index (χ3v) is 5.81. The molecule has 2 aromatic carbocycles. The van der Waals surface area contributed by atoms with Crippen molar-refractivity contribution in [3.8, 4) is 0 Å². The van der Waals surface area contributed by atoms with Crippen LogP contribution < -0.4 is 0 Å². The fourth-order valence-electron chi connectivity index (χ4n) is 4.01. The van der Waals surface area contributed by atoms with Crippen molar-refractivity contribution < 1.29 is 18.8 Å². The van der Waals surface area contributed by atoms with Crippen LogP contribution in [0.4, 0.5) is 4.39 Å². The predicted molar refractivity (Wildman–Crippen MR) is 110 cm³/mol. The van der Waals surface area contributed by atoms with Gasteiger partial charge >= 0.3 is 0 Å². The van der Waals surface area contributed by atoms with Crippen LogP contribution in [0.25, 0.3) is 0 Å². The first-order chi connectivity index (χ1) is 14.5. The molecule has 4 rings (SSSR count). The van der Waals surface area contributed by atoms with Gasteiger partial charge in [0.1, 0.15) is 5.82 Å². The highest BCUT2D eigenvalue weighted by molar-refractivity contribution is 6.21. The molecule has 0 unspecified atom stereocenters. The third kappa shape index (κ3) is 4.11. The average Bonchev–Trinajstić information content (AvgIpc) is 3.02. The van der Waals surface area contributed by atoms with E-state index in [1.54, 1.807) is 47.4 Å². The highest BCUT2D eigenvalue weighted by Gasteiger charge is 2.35. The number of nitrogens with zero attached hydrogens (tertiary/aromatic N) is 3. The molecule has 3 amide bonds. The van der Waals surface area contributed by atoms with Crippen molar-refractivity contribution in [1.29, 1.82) is 0 Å². The molecule has 1 fully saturated rings. The summed E-state index contributed by atoms with van der Waals surface area (Å²) in [6.45, 7) is 3.50. The van der Waals surface area contributed by atoms with Gasteiger partial charge in [-0.25, -0.2) is 4.39 Å². The van der Waals surface area contributed by atoms with Crippen molar-refractivity contribution >= 4 is 17.7 Å². The average molecular weight is 409 g/mol. The van der Waals surface area contributed by atoms with Gasteiger partial charge in [-0.1, -0.05) is 30.3 Å². The van der Waals surface area contributed by atoms with Crippen LogP contribution in [-0.4, -0.2) is 71.7 Å². The van der Waals surface area contributed by atoms with E-state index >= 15 is 0 Å². The number of benzene rings is 2. The van der Waals surface area contributed by atoms with Gasteiger partial charge in [0.25, 0.3) is 11.8 Å². The number of rotatable bonds is 6. The summed E-state index contributed by atoms with van der Waals surface area (Å²) in [4.78, 5) is 42.6. The van der Waals surface area contributed by atoms with E-state index in [9.17, 15) is 18.8 Å². The number of hydrogen-bond donors (Lipinski definition) is 0. The van der Waals surface area contributed by atoms with Gasteiger partial charge in [0.2, 0.25) is 5.91 Å². The maximum Gasteiger partial charge on any atom is 0.261 e. The van der Waals surface area contributed by atoms with Gasteiger partial charge in [-0.05, 0) is 30.2 Å². The number of halogens is 1. The first-order valence-corrected chi connectivity index (χ1v) is 10.2. The smallest absolute Gasteiger partial charge is 0.261 e. The van der Waals surface area contributed by atoms with Crippen LogP contribution in [0.3, 0.4) is 0 Å². The number of hydrogen-bond acceptors (Lipinski definition) is 4. The summed E-state index contributed by atoms with van der Waals surface area (Å²) in [5, 5.41) is 0. The van der Waals surface area contributed by atoms with E-state index in [0.717, 1.165) is 0 Å². The normalized spacial score (nSPS) is 16.8. The van der Waals surface area contributed by atoms with Crippen LogP contribution in [0, 0.1) is 5.82 Å². The minimum Gasteiger partial charge on any atom is -0.340 e. The first kappa shape index (κ1) is 20.2. The summed E-state index contributed by atoms with van der Waals surface area (Å²) in [5.74, 6) is -0.725. The Morgan fingerprint density at radius 2 is 1.43 bits per heavy atom. The molecule has 0 atom stereocenters. The van der Waals surface area contributed by atoms with Crippen molar-refractivity contribution in [2.45, 2.75) is 12.8 Å². The topological polar surface area (TPSA) is 60.9 Å². The molecule has 30 heavy (non-hydrogen) atoms. The van der Waals surface area contributed by atoms with Crippen LogP contribution in [0.2, 0.25) is 0 Å². The molecule has 0 N–H and O–H groups in total. The van der Waals surface area contributed by atoms with Crippen LogP contribution in [0.1, 0.15) is 32.7 Å². The van der Waals surface area contributed by atoms with Crippen LogP contribution >= 0.6 is 0 Å². The standard InChI is InChI=1S/C23H24FN3O3/c24-20-8-4-1-5-17(20)9-10-21(28)26-14-11-25(12-15-26)13-16-27-22(29)18-6-2-3-7-19(18)23(27)30/h1-8H,9-16H2. The van der Waals surface area contributed by atoms with Crippen molar-refractivity contribution in [1.82, 2.24) is 14.7 Å². The van der Waals surface area contributed by atoms with Gasteiger partial charge in [-0.15, -0.1) is 0 Å². The molecule has 156 valence electrons. The number of aryl methyl sites for hydroxylation is 1. The van der Waals surface area contributed by atoms with Crippen molar-refractivity contribution in [2.75, 3.05) is 39.3 Å². The summed E-state index contributed by atoms with van der Waals surface area (Å²) < 4.78 is 13.7. The van der Waals surface area contributed by atoms with Gasteiger partial charge in [-0.3, -0.25) is 24.2 Å². The molecule has 2 heterocycles. The van der Waals surface area contributed by atoms with Gasteiger partial charge in [0.15, 0.2) is 0 Å². The Labute approximate surface area is 174 Å². The largest absolute Gasteiger partial charge is 0.340 e. The molecular weight excluding hydrogens is 385 g/mol. The van der Waals surface area contributed by atoms with Crippen LogP contribution in [0.15, 0.2) is 48.5 Å². The number of carbonyl (C=O) groups is 3. The van der Waals surface area contributed by atoms with Gasteiger partial charge < -0.3 is 4.90 Å². The quantitative estimate of drug-likeness (QED) is 0.687. The maximum atomic E-state index is 13.7. The lowest BCUT2D eigenvalue weighted by molar-refractivity contribution is -0.132. The Morgan fingerprint density at radius 1 is 0.833 bits per heavy atom. The Morgan fingerprint density at radius 3 is 2.07 bits per heavy atom. The number of piperazine rings is 1. The molecule has 1 saturated heterocycles. The Kier molecular flexibility index (Phi) is 5.90. The fraction of sp³-hybridized carbons (Fsp3) is 0.348. The minimum atomic E-state index is -0.275. The first-order valence-electron chi connectivity index (χ1n) is 10.2. The second-order valence-corrected chi connectivity index (χ2v) is 7.62. The molecule has 0 saturated carbocycles. The molecular formula is C23H24FN3O3. The van der Waals surface area contributed by atoms with Crippen molar-refractivity contribution in [3.63, 3.8) is 0 Å². The lowest BCUT2D eigenvalue weighted by atomic mass is 10.1. The molecule has 6 nitrogen and oxygen atoms in total. The summed E-state index contributed by atoms with van der Waals surface area (Å²) in [7, 11) is 0. The van der Waals surface area contributed by atoms with E-state index in [-0.39, 0.29) is 30.0 Å². The van der Waals surface area contributed by atoms with Gasteiger partial charge in [-0.2, -0.15) is 0 Å². The lowest BCUT2D eigenvalue weighted by Crippen LogP contribution is -2.50. The molecule has 7 heteroatoms. The number of carbonyl (C=O) groups excluding carboxylic acids is 3. The summed E-state index contributed by atoms with van der Waals surface area (Å²) in [5.41, 5.74) is 1.49. The van der Waals surface area contributed by atoms with E-state index in [4.69, 9.17) is 0 Å². The second-order valence-electron chi connectivity index (χ2n) is 7.62. The maximum absolute atomic E-state index is 13.7. The SMILES string of the molecule is O=C(CCc1ccccc1F)N1CCN(CCN2C(=O)c3ccccc3C2=O)CC1. The summed E-state index contributed by atoms with van der Waals surface area (Å²) >= 11 is 0. The Hall–Kier alpha value is -3.06. The van der Waals surface area contributed by atoms with E-state index in [1.807, 2.05) is 0 Å². The number of fused-ring (bicyclic) bond motifs is 1. The molecule has 0 radical (unpaired) electrons. The van der Waals surface area contributed by atoms with Crippen LogP contribution in [0.5, 0.6) is 0 Å². The molecule has 2 aliphatic heterocycles. The minimum absolute atomic E-state index is 0.0262. The number of imide groups is 1. The molecule has 0 spiro atoms. The zero-order valence-corrected chi connectivity index (χ0v) is 16.7. The Bertz CT molecular complexity index is 935. The molecule has 2 aromatic rings. The van der Waals surface area contributed by atoms with Crippen LogP contribution in [-0.2, 0) is 11.2 Å². The molecule has 0 aromatic heterocycles. The zero-order valence-electron chi connectivity index (χ0n) is 16.7. The monoisotopic (exact) mass is 409 g/mol. The summed E-state index contributed by atoms with van der Waals surface area (Å²) in [6.07, 6.45) is 0.682. The zero-order chi connectivity index (χ0) is 21.1. The fourth-order valence-corrected chi connectivity index (χ4v) is 4.01. The highest BCUT2D eigenvalue weighted by Crippen LogP contribution is 2.22. The van der Waals surface area contributed by atoms with E-state index in [0.29, 0.717) is 62.4 Å². The predicted octanol–water partition coefficient (Wildman–Crippen LogP) is 2.20. The van der Waals surface area contributed by atoms with E-state index < -0.39 is 0 Å². The Balaban J connectivity index is 1.22. The van der Waals surface area contributed by atoms with E-state index in [2.05, 4.69) is 4.90 Å². The lowest BCUT2D eigenvalue weighted by Gasteiger charge is -2.35.